The van der Waals surface area contributed by atoms with E-state index in [1.54, 1.807) is 13.8 Å². The van der Waals surface area contributed by atoms with Gasteiger partial charge in [-0.25, -0.2) is 4.39 Å². The highest BCUT2D eigenvalue weighted by Gasteiger charge is 2.41. The summed E-state index contributed by atoms with van der Waals surface area (Å²) in [5.41, 5.74) is -0.510. The largest absolute Gasteiger partial charge is 0.335 e. The van der Waals surface area contributed by atoms with E-state index in [0.717, 1.165) is 45.2 Å². The van der Waals surface area contributed by atoms with Crippen molar-refractivity contribution < 1.29 is 9.18 Å². The summed E-state index contributed by atoms with van der Waals surface area (Å²) >= 11 is 0. The Labute approximate surface area is 128 Å². The molecule has 122 valence electrons. The van der Waals surface area contributed by atoms with E-state index in [9.17, 15) is 9.18 Å². The minimum absolute atomic E-state index is 0.00315. The van der Waals surface area contributed by atoms with Gasteiger partial charge in [-0.05, 0) is 57.9 Å². The predicted octanol–water partition coefficient (Wildman–Crippen LogP) is 3.14. The highest BCUT2D eigenvalue weighted by molar-refractivity contribution is 5.82. The summed E-state index contributed by atoms with van der Waals surface area (Å²) in [4.78, 5) is 15.0. The molecule has 1 amide bonds. The van der Waals surface area contributed by atoms with Crippen LogP contribution in [-0.2, 0) is 4.79 Å². The topological polar surface area (TPSA) is 32.3 Å². The summed E-state index contributed by atoms with van der Waals surface area (Å²) in [7, 11) is 0. The molecule has 1 aliphatic carbocycles. The fraction of sp³-hybridized carbons (Fsp3) is 0.941. The first-order valence-corrected chi connectivity index (χ1v) is 8.36. The fourth-order valence-corrected chi connectivity index (χ4v) is 3.58. The molecule has 1 atom stereocenters. The molecule has 1 unspecified atom stereocenters. The SMILES string of the molecule is CC1(C)CCC(N(C(=O)C(C)(C)CF)C2CCNC2)CC1. The first-order chi connectivity index (χ1) is 9.77. The fourth-order valence-electron chi connectivity index (χ4n) is 3.58. The van der Waals surface area contributed by atoms with Crippen LogP contribution >= 0.6 is 0 Å². The zero-order valence-corrected chi connectivity index (χ0v) is 14.0. The van der Waals surface area contributed by atoms with Gasteiger partial charge < -0.3 is 10.2 Å². The number of nitrogens with zero attached hydrogens (tertiary/aromatic N) is 1. The van der Waals surface area contributed by atoms with Gasteiger partial charge in [0.1, 0.15) is 6.67 Å². The van der Waals surface area contributed by atoms with Crippen molar-refractivity contribution in [2.45, 2.75) is 71.9 Å². The number of hydrogen-bond donors (Lipinski definition) is 1. The molecule has 3 nitrogen and oxygen atoms in total. The molecule has 2 fully saturated rings. The van der Waals surface area contributed by atoms with E-state index in [4.69, 9.17) is 0 Å². The predicted molar refractivity (Wildman–Crippen MR) is 83.9 cm³/mol. The minimum atomic E-state index is -0.893. The second-order valence-corrected chi connectivity index (χ2v) is 8.27. The van der Waals surface area contributed by atoms with Crippen molar-refractivity contribution in [2.24, 2.45) is 10.8 Å². The first kappa shape index (κ1) is 16.7. The highest BCUT2D eigenvalue weighted by Crippen LogP contribution is 2.39. The van der Waals surface area contributed by atoms with Crippen molar-refractivity contribution in [3.8, 4) is 0 Å². The number of halogens is 1. The van der Waals surface area contributed by atoms with Crippen molar-refractivity contribution >= 4 is 5.91 Å². The highest BCUT2D eigenvalue weighted by atomic mass is 19.1. The molecule has 0 bridgehead atoms. The molecule has 0 aromatic heterocycles. The lowest BCUT2D eigenvalue weighted by Crippen LogP contribution is -2.54. The van der Waals surface area contributed by atoms with Crippen molar-refractivity contribution in [2.75, 3.05) is 19.8 Å². The molecule has 2 rings (SSSR count). The van der Waals surface area contributed by atoms with Crippen LogP contribution < -0.4 is 5.32 Å². The maximum absolute atomic E-state index is 13.3. The lowest BCUT2D eigenvalue weighted by molar-refractivity contribution is -0.147. The van der Waals surface area contributed by atoms with E-state index in [1.165, 1.54) is 0 Å². The average molecular weight is 298 g/mol. The number of amides is 1. The molecule has 1 aliphatic heterocycles. The molecule has 0 radical (unpaired) electrons. The standard InChI is InChI=1S/C17H31FN2O/c1-16(2)8-5-13(6-9-16)20(14-7-10-19-11-14)15(21)17(3,4)12-18/h13-14,19H,5-12H2,1-4H3. The second kappa shape index (κ2) is 6.23. The third-order valence-electron chi connectivity index (χ3n) is 5.28. The first-order valence-electron chi connectivity index (χ1n) is 8.36. The van der Waals surface area contributed by atoms with E-state index in [1.807, 2.05) is 0 Å². The van der Waals surface area contributed by atoms with Gasteiger partial charge in [-0.15, -0.1) is 0 Å². The number of alkyl halides is 1. The Balaban J connectivity index is 2.15. The average Bonchev–Trinajstić information content (AvgIpc) is 2.94. The van der Waals surface area contributed by atoms with E-state index >= 15 is 0 Å². The van der Waals surface area contributed by atoms with Crippen LogP contribution in [0.25, 0.3) is 0 Å². The molecule has 0 aromatic carbocycles. The summed E-state index contributed by atoms with van der Waals surface area (Å²) < 4.78 is 13.3. The second-order valence-electron chi connectivity index (χ2n) is 8.27. The van der Waals surface area contributed by atoms with Crippen LogP contribution in [0.3, 0.4) is 0 Å². The zero-order chi connectivity index (χ0) is 15.7. The third kappa shape index (κ3) is 3.77. The number of nitrogens with one attached hydrogen (secondary N) is 1. The Hall–Kier alpha value is -0.640. The van der Waals surface area contributed by atoms with E-state index in [-0.39, 0.29) is 11.9 Å². The third-order valence-corrected chi connectivity index (χ3v) is 5.28. The van der Waals surface area contributed by atoms with Crippen LogP contribution in [-0.4, -0.2) is 42.7 Å². The summed E-state index contributed by atoms with van der Waals surface area (Å²) in [5, 5.41) is 3.34. The Kier molecular flexibility index (Phi) is 4.96. The van der Waals surface area contributed by atoms with Crippen LogP contribution in [0.1, 0.15) is 59.8 Å². The quantitative estimate of drug-likeness (QED) is 0.865. The molecule has 4 heteroatoms. The van der Waals surface area contributed by atoms with Crippen LogP contribution in [0.2, 0.25) is 0 Å². The molecule has 1 N–H and O–H groups in total. The molecule has 21 heavy (non-hydrogen) atoms. The van der Waals surface area contributed by atoms with Gasteiger partial charge >= 0.3 is 0 Å². The van der Waals surface area contributed by atoms with Gasteiger partial charge in [-0.2, -0.15) is 0 Å². The summed E-state index contributed by atoms with van der Waals surface area (Å²) in [6.45, 7) is 9.31. The van der Waals surface area contributed by atoms with Gasteiger partial charge in [0.15, 0.2) is 0 Å². The monoisotopic (exact) mass is 298 g/mol. The maximum Gasteiger partial charge on any atom is 0.231 e. The lowest BCUT2D eigenvalue weighted by Gasteiger charge is -2.45. The summed E-state index contributed by atoms with van der Waals surface area (Å²) in [6, 6.07) is 0.538. The van der Waals surface area contributed by atoms with Crippen LogP contribution in [0.15, 0.2) is 0 Å². The Morgan fingerprint density at radius 2 is 1.86 bits per heavy atom. The van der Waals surface area contributed by atoms with Gasteiger partial charge in [0.25, 0.3) is 0 Å². The van der Waals surface area contributed by atoms with Crippen LogP contribution in [0.4, 0.5) is 4.39 Å². The van der Waals surface area contributed by atoms with Gasteiger partial charge in [0.05, 0.1) is 5.41 Å². The molecule has 1 saturated heterocycles. The molecular weight excluding hydrogens is 267 g/mol. The summed E-state index contributed by atoms with van der Waals surface area (Å²) in [6.07, 6.45) is 5.40. The van der Waals surface area contributed by atoms with Crippen LogP contribution in [0.5, 0.6) is 0 Å². The number of carbonyl (C=O) groups is 1. The van der Waals surface area contributed by atoms with E-state index in [2.05, 4.69) is 24.1 Å². The Bertz CT molecular complexity index is 365. The molecule has 0 aromatic rings. The molecule has 0 spiro atoms. The molecule has 1 saturated carbocycles. The number of carbonyl (C=O) groups excluding carboxylic acids is 1. The lowest BCUT2D eigenvalue weighted by atomic mass is 9.74. The van der Waals surface area contributed by atoms with Crippen molar-refractivity contribution in [1.29, 1.82) is 0 Å². The molecular formula is C17H31FN2O. The van der Waals surface area contributed by atoms with Gasteiger partial charge in [-0.1, -0.05) is 13.8 Å². The zero-order valence-electron chi connectivity index (χ0n) is 14.0. The minimum Gasteiger partial charge on any atom is -0.335 e. The van der Waals surface area contributed by atoms with Gasteiger partial charge in [0.2, 0.25) is 5.91 Å². The van der Waals surface area contributed by atoms with Gasteiger partial charge in [-0.3, -0.25) is 4.79 Å². The molecule has 1 heterocycles. The normalized spacial score (nSPS) is 26.8. The van der Waals surface area contributed by atoms with Crippen molar-refractivity contribution in [3.05, 3.63) is 0 Å². The van der Waals surface area contributed by atoms with E-state index < -0.39 is 12.1 Å². The maximum atomic E-state index is 13.3. The van der Waals surface area contributed by atoms with Crippen molar-refractivity contribution in [1.82, 2.24) is 10.2 Å². The molecule has 2 aliphatic rings. The Morgan fingerprint density at radius 3 is 2.33 bits per heavy atom. The smallest absolute Gasteiger partial charge is 0.231 e. The Morgan fingerprint density at radius 1 is 1.24 bits per heavy atom. The van der Waals surface area contributed by atoms with Crippen molar-refractivity contribution in [3.63, 3.8) is 0 Å². The van der Waals surface area contributed by atoms with Crippen LogP contribution in [0, 0.1) is 10.8 Å². The summed E-state index contributed by atoms with van der Waals surface area (Å²) in [5.74, 6) is 0.00315. The number of rotatable bonds is 4. The number of hydrogen-bond acceptors (Lipinski definition) is 2. The van der Waals surface area contributed by atoms with Gasteiger partial charge in [0, 0.05) is 18.6 Å². The van der Waals surface area contributed by atoms with E-state index in [0.29, 0.717) is 11.5 Å².